The first-order chi connectivity index (χ1) is 15.6. The molecule has 1 atom stereocenters. The Labute approximate surface area is 193 Å². The summed E-state index contributed by atoms with van der Waals surface area (Å²) in [4.78, 5) is 15.0. The summed E-state index contributed by atoms with van der Waals surface area (Å²) in [6.07, 6.45) is 1.07. The second-order valence-corrected chi connectivity index (χ2v) is 9.57. The maximum atomic E-state index is 13.5. The zero-order chi connectivity index (χ0) is 24.2. The number of hydrogen-bond acceptors (Lipinski definition) is 7. The topological polar surface area (TPSA) is 105 Å². The highest BCUT2D eigenvalue weighted by Crippen LogP contribution is 2.42. The first-order valence-corrected chi connectivity index (χ1v) is 12.0. The van der Waals surface area contributed by atoms with Gasteiger partial charge in [0.05, 0.1) is 31.4 Å². The van der Waals surface area contributed by atoms with E-state index in [1.54, 1.807) is 29.2 Å². The molecule has 1 fully saturated rings. The van der Waals surface area contributed by atoms with Crippen molar-refractivity contribution in [2.24, 2.45) is 0 Å². The number of amides is 1. The predicted octanol–water partition coefficient (Wildman–Crippen LogP) is 2.96. The van der Waals surface area contributed by atoms with E-state index in [-0.39, 0.29) is 18.1 Å². The third-order valence-corrected chi connectivity index (χ3v) is 6.85. The van der Waals surface area contributed by atoms with Crippen molar-refractivity contribution < 1.29 is 36.4 Å². The van der Waals surface area contributed by atoms with E-state index >= 15 is 0 Å². The molecule has 180 valence electrons. The summed E-state index contributed by atoms with van der Waals surface area (Å²) in [5, 5.41) is 0. The van der Waals surface area contributed by atoms with E-state index < -0.39 is 21.3 Å². The van der Waals surface area contributed by atoms with Crippen LogP contribution in [0.15, 0.2) is 36.4 Å². The maximum Gasteiger partial charge on any atom is 0.254 e. The second-order valence-electron chi connectivity index (χ2n) is 8.04. The number of hydrogen-bond donors (Lipinski definition) is 0. The predicted molar refractivity (Wildman–Crippen MR) is 118 cm³/mol. The van der Waals surface area contributed by atoms with E-state index in [0.717, 1.165) is 5.56 Å². The monoisotopic (exact) mass is 480 g/mol. The van der Waals surface area contributed by atoms with Crippen molar-refractivity contribution in [1.82, 2.24) is 4.90 Å². The minimum atomic E-state index is -4.36. The highest BCUT2D eigenvalue weighted by atomic mass is 32.2. The van der Waals surface area contributed by atoms with E-state index in [2.05, 4.69) is 0 Å². The normalized spacial score (nSPS) is 18.3. The first-order valence-electron chi connectivity index (χ1n) is 10.4. The van der Waals surface area contributed by atoms with Crippen LogP contribution in [0.2, 0.25) is 0 Å². The van der Waals surface area contributed by atoms with Gasteiger partial charge in [0.1, 0.15) is 5.82 Å². The molecule has 1 heterocycles. The molecule has 0 spiro atoms. The molecule has 1 saturated heterocycles. The third-order valence-electron chi connectivity index (χ3n) is 6.06. The molecule has 0 aromatic heterocycles. The summed E-state index contributed by atoms with van der Waals surface area (Å²) in [6.45, 7) is 0.712. The van der Waals surface area contributed by atoms with E-state index in [1.165, 1.54) is 33.5 Å². The summed E-state index contributed by atoms with van der Waals surface area (Å²) in [6, 6.07) is 9.12. The summed E-state index contributed by atoms with van der Waals surface area (Å²) < 4.78 is 62.9. The number of benzene rings is 2. The van der Waals surface area contributed by atoms with Crippen molar-refractivity contribution >= 4 is 16.0 Å². The number of carbonyl (C=O) groups is 1. The van der Waals surface area contributed by atoms with Gasteiger partial charge in [0.2, 0.25) is 5.75 Å². The number of likely N-dealkylation sites (tertiary alicyclic amines) is 1. The van der Waals surface area contributed by atoms with Crippen LogP contribution >= 0.6 is 0 Å². The molecule has 10 heteroatoms. The van der Waals surface area contributed by atoms with Crippen LogP contribution in [0.1, 0.15) is 35.2 Å². The second kappa shape index (κ2) is 9.96. The van der Waals surface area contributed by atoms with Crippen LogP contribution < -0.4 is 14.2 Å². The van der Waals surface area contributed by atoms with Gasteiger partial charge in [-0.25, -0.2) is 12.8 Å². The fourth-order valence-corrected chi connectivity index (χ4v) is 4.91. The highest BCUT2D eigenvalue weighted by Gasteiger charge is 2.41. The Balaban J connectivity index is 1.90. The third kappa shape index (κ3) is 5.56. The molecule has 1 amide bonds. The molecule has 1 aliphatic heterocycles. The van der Waals surface area contributed by atoms with Crippen molar-refractivity contribution in [3.63, 3.8) is 0 Å². The lowest BCUT2D eigenvalue weighted by molar-refractivity contribution is 0.0781. The summed E-state index contributed by atoms with van der Waals surface area (Å²) in [5.41, 5.74) is 0.559. The van der Waals surface area contributed by atoms with Gasteiger partial charge >= 0.3 is 0 Å². The molecule has 33 heavy (non-hydrogen) atoms. The molecule has 2 aromatic carbocycles. The SMILES string of the molecule is COc1cc(C(=O)N2CCC(CCCS(=O)(=O)[O-])(c3ccc(F)cc3)C2)cc(OC)c1OC. The van der Waals surface area contributed by atoms with Crippen molar-refractivity contribution in [3.8, 4) is 17.2 Å². The minimum Gasteiger partial charge on any atom is -0.748 e. The molecule has 0 bridgehead atoms. The smallest absolute Gasteiger partial charge is 0.254 e. The number of carbonyl (C=O) groups excluding carboxylic acids is 1. The van der Waals surface area contributed by atoms with Crippen LogP contribution in [0, 0.1) is 5.82 Å². The Kier molecular flexibility index (Phi) is 7.48. The number of ether oxygens (including phenoxy) is 3. The van der Waals surface area contributed by atoms with Crippen molar-refractivity contribution in [3.05, 3.63) is 53.3 Å². The molecule has 0 N–H and O–H groups in total. The van der Waals surface area contributed by atoms with Crippen LogP contribution in [0.3, 0.4) is 0 Å². The van der Waals surface area contributed by atoms with E-state index in [4.69, 9.17) is 14.2 Å². The Morgan fingerprint density at radius 2 is 1.70 bits per heavy atom. The van der Waals surface area contributed by atoms with E-state index in [9.17, 15) is 22.2 Å². The lowest BCUT2D eigenvalue weighted by Gasteiger charge is -2.30. The number of rotatable bonds is 9. The Bertz CT molecular complexity index is 1080. The van der Waals surface area contributed by atoms with Crippen molar-refractivity contribution in [2.45, 2.75) is 24.7 Å². The molecule has 0 radical (unpaired) electrons. The van der Waals surface area contributed by atoms with Crippen LogP contribution in [-0.2, 0) is 15.5 Å². The van der Waals surface area contributed by atoms with Gasteiger partial charge in [-0.1, -0.05) is 12.1 Å². The van der Waals surface area contributed by atoms with Crippen LogP contribution in [0.5, 0.6) is 17.2 Å². The fraction of sp³-hybridized carbons (Fsp3) is 0.435. The van der Waals surface area contributed by atoms with Gasteiger partial charge < -0.3 is 23.7 Å². The van der Waals surface area contributed by atoms with Crippen molar-refractivity contribution in [1.29, 1.82) is 0 Å². The quantitative estimate of drug-likeness (QED) is 0.508. The van der Waals surface area contributed by atoms with Crippen LogP contribution in [0.4, 0.5) is 4.39 Å². The average molecular weight is 481 g/mol. The van der Waals surface area contributed by atoms with Gasteiger partial charge in [-0.15, -0.1) is 0 Å². The zero-order valence-corrected chi connectivity index (χ0v) is 19.6. The Hall–Kier alpha value is -2.85. The Morgan fingerprint density at radius 3 is 2.21 bits per heavy atom. The van der Waals surface area contributed by atoms with E-state index in [1.807, 2.05) is 0 Å². The summed E-state index contributed by atoms with van der Waals surface area (Å²) in [7, 11) is 0.0438. The van der Waals surface area contributed by atoms with Crippen molar-refractivity contribution in [2.75, 3.05) is 40.2 Å². The number of methoxy groups -OCH3 is 3. The van der Waals surface area contributed by atoms with Gasteiger partial charge in [-0.05, 0) is 49.1 Å². The maximum absolute atomic E-state index is 13.5. The largest absolute Gasteiger partial charge is 0.748 e. The summed E-state index contributed by atoms with van der Waals surface area (Å²) in [5.74, 6) is -0.0576. The zero-order valence-electron chi connectivity index (χ0n) is 18.8. The van der Waals surface area contributed by atoms with Crippen LogP contribution in [0.25, 0.3) is 0 Å². The van der Waals surface area contributed by atoms with E-state index in [0.29, 0.717) is 48.7 Å². The lowest BCUT2D eigenvalue weighted by atomic mass is 9.76. The van der Waals surface area contributed by atoms with Gasteiger partial charge in [0, 0.05) is 29.8 Å². The average Bonchev–Trinajstić information content (AvgIpc) is 3.22. The highest BCUT2D eigenvalue weighted by molar-refractivity contribution is 7.85. The molecule has 8 nitrogen and oxygen atoms in total. The number of halogens is 1. The molecule has 0 saturated carbocycles. The summed E-state index contributed by atoms with van der Waals surface area (Å²) >= 11 is 0. The molecule has 3 rings (SSSR count). The number of nitrogens with zero attached hydrogens (tertiary/aromatic N) is 1. The lowest BCUT2D eigenvalue weighted by Crippen LogP contribution is -2.35. The molecule has 1 unspecified atom stereocenters. The molecule has 1 aliphatic rings. The Morgan fingerprint density at radius 1 is 1.09 bits per heavy atom. The molecular weight excluding hydrogens is 453 g/mol. The van der Waals surface area contributed by atoms with Crippen LogP contribution in [-0.4, -0.2) is 63.9 Å². The standard InChI is InChI=1S/C23H28FNO7S/c1-30-19-13-16(14-20(31-2)21(19)32-3)22(26)25-11-10-23(15-25,9-4-12-33(27,28)29)17-5-7-18(24)8-6-17/h5-8,13-14H,4,9-12,15H2,1-3H3,(H,27,28,29)/p-1. The minimum absolute atomic E-state index is 0.148. The fourth-order valence-electron chi connectivity index (χ4n) is 4.41. The first kappa shape index (κ1) is 24.8. The molecule has 2 aromatic rings. The van der Waals surface area contributed by atoms with Gasteiger partial charge in [0.25, 0.3) is 5.91 Å². The molecule has 0 aliphatic carbocycles. The van der Waals surface area contributed by atoms with Gasteiger partial charge in [-0.2, -0.15) is 0 Å². The molecular formula is C23H27FNO7S-. The van der Waals surface area contributed by atoms with Gasteiger partial charge in [-0.3, -0.25) is 4.79 Å². The van der Waals surface area contributed by atoms with Gasteiger partial charge in [0.15, 0.2) is 11.5 Å².